The molecule has 0 aliphatic carbocycles. The van der Waals surface area contributed by atoms with E-state index in [1.807, 2.05) is 6.92 Å². The summed E-state index contributed by atoms with van der Waals surface area (Å²) in [5, 5.41) is 4.75. The summed E-state index contributed by atoms with van der Waals surface area (Å²) in [4.78, 5) is 58.3. The minimum Gasteiger partial charge on any atom is -0.454 e. The molecule has 0 aromatic heterocycles. The second kappa shape index (κ2) is 9.82. The molecule has 0 bridgehead atoms. The normalized spacial score (nSPS) is 10.0. The van der Waals surface area contributed by atoms with Crippen molar-refractivity contribution in [3.05, 3.63) is 64.7 Å². The minimum atomic E-state index is -0.825. The lowest BCUT2D eigenvalue weighted by Gasteiger charge is -2.09. The van der Waals surface area contributed by atoms with E-state index in [9.17, 15) is 24.0 Å². The zero-order valence-electron chi connectivity index (χ0n) is 16.1. The molecule has 30 heavy (non-hydrogen) atoms. The van der Waals surface area contributed by atoms with Crippen molar-refractivity contribution in [1.82, 2.24) is 5.32 Å². The maximum Gasteiger partial charge on any atom is 0.325 e. The maximum absolute atomic E-state index is 12.0. The Morgan fingerprint density at radius 3 is 1.97 bits per heavy atom. The van der Waals surface area contributed by atoms with Gasteiger partial charge in [-0.3, -0.25) is 24.0 Å². The fourth-order valence-electron chi connectivity index (χ4n) is 2.34. The van der Waals surface area contributed by atoms with Crippen LogP contribution in [-0.2, 0) is 14.3 Å². The van der Waals surface area contributed by atoms with Gasteiger partial charge in [-0.15, -0.1) is 0 Å². The number of hydrogen-bond donors (Lipinski definition) is 4. The van der Waals surface area contributed by atoms with E-state index in [0.717, 1.165) is 5.56 Å². The molecule has 0 radical (unpaired) electrons. The monoisotopic (exact) mass is 412 g/mol. The minimum absolute atomic E-state index is 0.0302. The molecule has 10 nitrogen and oxygen atoms in total. The number of esters is 1. The van der Waals surface area contributed by atoms with Gasteiger partial charge in [-0.2, -0.15) is 0 Å². The third-order valence-corrected chi connectivity index (χ3v) is 3.86. The van der Waals surface area contributed by atoms with E-state index in [-0.39, 0.29) is 16.8 Å². The molecule has 6 N–H and O–H groups in total. The number of rotatable bonds is 8. The standard InChI is InChI=1S/C20H20N4O6/c1-11-2-4-12(5-3-11)20(29)23-9-17(26)30-10-16(25)24-15-7-13(18(21)27)6-14(8-15)19(22)28/h2-8H,9-10H2,1H3,(H2,21,27)(H2,22,28)(H,23,29)(H,24,25). The van der Waals surface area contributed by atoms with Crippen LogP contribution >= 0.6 is 0 Å². The summed E-state index contributed by atoms with van der Waals surface area (Å²) in [5.74, 6) is -3.65. The van der Waals surface area contributed by atoms with E-state index in [0.29, 0.717) is 5.56 Å². The zero-order valence-corrected chi connectivity index (χ0v) is 16.1. The number of aryl methyl sites for hydroxylation is 1. The van der Waals surface area contributed by atoms with Gasteiger partial charge in [0.1, 0.15) is 6.54 Å². The third kappa shape index (κ3) is 6.44. The van der Waals surface area contributed by atoms with Gasteiger partial charge in [0.15, 0.2) is 6.61 Å². The van der Waals surface area contributed by atoms with Crippen molar-refractivity contribution in [2.75, 3.05) is 18.5 Å². The Kier molecular flexibility index (Phi) is 7.23. The molecule has 0 unspecified atom stereocenters. The predicted octanol–water partition coefficient (Wildman–Crippen LogP) is 0.105. The van der Waals surface area contributed by atoms with Crippen molar-refractivity contribution in [2.45, 2.75) is 6.92 Å². The second-order valence-corrected chi connectivity index (χ2v) is 6.29. The van der Waals surface area contributed by atoms with E-state index < -0.39 is 42.7 Å². The average Bonchev–Trinajstić information content (AvgIpc) is 2.70. The van der Waals surface area contributed by atoms with Crippen molar-refractivity contribution in [3.8, 4) is 0 Å². The van der Waals surface area contributed by atoms with Crippen molar-refractivity contribution in [1.29, 1.82) is 0 Å². The Balaban J connectivity index is 1.86. The molecular weight excluding hydrogens is 392 g/mol. The van der Waals surface area contributed by atoms with Crippen LogP contribution < -0.4 is 22.1 Å². The lowest BCUT2D eigenvalue weighted by Crippen LogP contribution is -2.32. The quantitative estimate of drug-likeness (QED) is 0.448. The molecule has 0 aliphatic rings. The summed E-state index contributed by atoms with van der Waals surface area (Å²) in [7, 11) is 0. The van der Waals surface area contributed by atoms with E-state index in [1.54, 1.807) is 24.3 Å². The average molecular weight is 412 g/mol. The van der Waals surface area contributed by atoms with Crippen LogP contribution in [0.4, 0.5) is 5.69 Å². The van der Waals surface area contributed by atoms with Gasteiger partial charge < -0.3 is 26.8 Å². The topological polar surface area (TPSA) is 171 Å². The number of nitrogens with one attached hydrogen (secondary N) is 2. The van der Waals surface area contributed by atoms with Crippen LogP contribution in [0.5, 0.6) is 0 Å². The number of ether oxygens (including phenoxy) is 1. The first-order valence-corrected chi connectivity index (χ1v) is 8.70. The molecule has 0 heterocycles. The third-order valence-electron chi connectivity index (χ3n) is 3.86. The molecule has 0 fully saturated rings. The molecule has 10 heteroatoms. The summed E-state index contributed by atoms with van der Waals surface area (Å²) in [6, 6.07) is 10.4. The van der Waals surface area contributed by atoms with Gasteiger partial charge in [-0.05, 0) is 37.3 Å². The number of anilines is 1. The van der Waals surface area contributed by atoms with Gasteiger partial charge in [0.25, 0.3) is 11.8 Å². The maximum atomic E-state index is 12.0. The lowest BCUT2D eigenvalue weighted by atomic mass is 10.1. The summed E-state index contributed by atoms with van der Waals surface area (Å²) >= 11 is 0. The highest BCUT2D eigenvalue weighted by molar-refractivity contribution is 6.02. The Morgan fingerprint density at radius 2 is 1.43 bits per heavy atom. The molecule has 2 rings (SSSR count). The molecule has 0 saturated carbocycles. The van der Waals surface area contributed by atoms with Crippen LogP contribution in [0, 0.1) is 6.92 Å². The Bertz CT molecular complexity index is 969. The second-order valence-electron chi connectivity index (χ2n) is 6.29. The first-order valence-electron chi connectivity index (χ1n) is 8.70. The highest BCUT2D eigenvalue weighted by Crippen LogP contribution is 2.15. The molecule has 156 valence electrons. The highest BCUT2D eigenvalue weighted by Gasteiger charge is 2.13. The van der Waals surface area contributed by atoms with Gasteiger partial charge in [-0.25, -0.2) is 0 Å². The first-order chi connectivity index (χ1) is 14.2. The SMILES string of the molecule is Cc1ccc(C(=O)NCC(=O)OCC(=O)Nc2cc(C(N)=O)cc(C(N)=O)c2)cc1. The highest BCUT2D eigenvalue weighted by atomic mass is 16.5. The molecule has 0 spiro atoms. The zero-order chi connectivity index (χ0) is 22.3. The molecule has 0 aliphatic heterocycles. The Labute approximate surface area is 171 Å². The van der Waals surface area contributed by atoms with Crippen LogP contribution in [0.3, 0.4) is 0 Å². The van der Waals surface area contributed by atoms with Gasteiger partial charge in [0, 0.05) is 22.4 Å². The van der Waals surface area contributed by atoms with Crippen molar-refractivity contribution >= 4 is 35.3 Å². The van der Waals surface area contributed by atoms with E-state index in [1.165, 1.54) is 18.2 Å². The van der Waals surface area contributed by atoms with Gasteiger partial charge >= 0.3 is 5.97 Å². The van der Waals surface area contributed by atoms with E-state index in [2.05, 4.69) is 10.6 Å². The van der Waals surface area contributed by atoms with Gasteiger partial charge in [-0.1, -0.05) is 17.7 Å². The van der Waals surface area contributed by atoms with Crippen molar-refractivity contribution < 1.29 is 28.7 Å². The summed E-state index contributed by atoms with van der Waals surface area (Å²) in [6.07, 6.45) is 0. The number of benzene rings is 2. The summed E-state index contributed by atoms with van der Waals surface area (Å²) < 4.78 is 4.79. The van der Waals surface area contributed by atoms with Gasteiger partial charge in [0.05, 0.1) is 0 Å². The van der Waals surface area contributed by atoms with E-state index >= 15 is 0 Å². The lowest BCUT2D eigenvalue weighted by molar-refractivity contribution is -0.146. The summed E-state index contributed by atoms with van der Waals surface area (Å²) in [5.41, 5.74) is 11.7. The number of carbonyl (C=O) groups excluding carboxylic acids is 5. The van der Waals surface area contributed by atoms with Crippen molar-refractivity contribution in [3.63, 3.8) is 0 Å². The molecular formula is C20H20N4O6. The molecule has 2 aromatic rings. The van der Waals surface area contributed by atoms with Crippen LogP contribution in [0.25, 0.3) is 0 Å². The van der Waals surface area contributed by atoms with Crippen molar-refractivity contribution in [2.24, 2.45) is 11.5 Å². The smallest absolute Gasteiger partial charge is 0.325 e. The fourth-order valence-corrected chi connectivity index (χ4v) is 2.34. The van der Waals surface area contributed by atoms with Gasteiger partial charge in [0.2, 0.25) is 11.8 Å². The molecule has 0 atom stereocenters. The first kappa shape index (κ1) is 22.1. The largest absolute Gasteiger partial charge is 0.454 e. The predicted molar refractivity (Wildman–Crippen MR) is 107 cm³/mol. The van der Waals surface area contributed by atoms with Crippen LogP contribution in [0.1, 0.15) is 36.6 Å². The Morgan fingerprint density at radius 1 is 0.867 bits per heavy atom. The molecule has 0 saturated heterocycles. The van der Waals surface area contributed by atoms with Crippen LogP contribution in [0.15, 0.2) is 42.5 Å². The van der Waals surface area contributed by atoms with Crippen LogP contribution in [-0.4, -0.2) is 42.7 Å². The number of nitrogens with two attached hydrogens (primary N) is 2. The number of amides is 4. The fraction of sp³-hybridized carbons (Fsp3) is 0.150. The van der Waals surface area contributed by atoms with Crippen LogP contribution in [0.2, 0.25) is 0 Å². The molecule has 4 amide bonds. The molecule has 2 aromatic carbocycles. The van der Waals surface area contributed by atoms with E-state index in [4.69, 9.17) is 16.2 Å². The summed E-state index contributed by atoms with van der Waals surface area (Å²) in [6.45, 7) is 0.803. The number of carbonyl (C=O) groups is 5. The number of hydrogen-bond acceptors (Lipinski definition) is 6. The number of primary amides is 2. The Hall–Kier alpha value is -4.21.